The molecule has 0 N–H and O–H groups in total. The number of halogens is 10. The Labute approximate surface area is 414 Å². The second-order valence-electron chi connectivity index (χ2n) is 18.3. The van der Waals surface area contributed by atoms with Crippen LogP contribution < -0.4 is 0 Å². The molecule has 3 aromatic carbocycles. The van der Waals surface area contributed by atoms with E-state index in [1.54, 1.807) is 0 Å². The molecule has 372 valence electrons. The zero-order chi connectivity index (χ0) is 49.7. The highest BCUT2D eigenvalue weighted by Gasteiger charge is 2.31. The van der Waals surface area contributed by atoms with Gasteiger partial charge in [0, 0.05) is 53.3 Å². The highest BCUT2D eigenvalue weighted by atomic mass is 32.1. The molecule has 0 saturated heterocycles. The van der Waals surface area contributed by atoms with Crippen molar-refractivity contribution in [2.75, 3.05) is 0 Å². The van der Waals surface area contributed by atoms with E-state index in [9.17, 15) is 26.3 Å². The lowest BCUT2D eigenvalue weighted by molar-refractivity contribution is 0.381. The van der Waals surface area contributed by atoms with E-state index in [2.05, 4.69) is 13.8 Å². The van der Waals surface area contributed by atoms with Crippen LogP contribution in [0.5, 0.6) is 0 Å². The molecule has 1 unspecified atom stereocenters. The maximum Gasteiger partial charge on any atom is 0.200 e. The van der Waals surface area contributed by atoms with Gasteiger partial charge in [-0.25, -0.2) is 43.9 Å². The van der Waals surface area contributed by atoms with Crippen LogP contribution in [0.1, 0.15) is 155 Å². The molecule has 4 aromatic heterocycles. The normalized spacial score (nSPS) is 12.5. The summed E-state index contributed by atoms with van der Waals surface area (Å²) in [6.07, 6.45) is 21.3. The van der Waals surface area contributed by atoms with Crippen molar-refractivity contribution in [1.82, 2.24) is 9.13 Å². The minimum Gasteiger partial charge on any atom is -0.332 e. The lowest BCUT2D eigenvalue weighted by Gasteiger charge is -2.22. The van der Waals surface area contributed by atoms with E-state index in [0.29, 0.717) is 61.4 Å². The van der Waals surface area contributed by atoms with Crippen molar-refractivity contribution >= 4 is 89.1 Å². The van der Waals surface area contributed by atoms with Crippen molar-refractivity contribution < 1.29 is 43.9 Å². The van der Waals surface area contributed by atoms with Gasteiger partial charge in [-0.15, -0.1) is 22.7 Å². The molecule has 0 spiro atoms. The summed E-state index contributed by atoms with van der Waals surface area (Å²) in [4.78, 5) is -0.447. The first-order chi connectivity index (χ1) is 33.1. The van der Waals surface area contributed by atoms with Crippen LogP contribution in [0.4, 0.5) is 43.9 Å². The third-order valence-corrected chi connectivity index (χ3v) is 16.6. The predicted molar refractivity (Wildman–Crippen MR) is 269 cm³/mol. The Hall–Kier alpha value is -3.86. The summed E-state index contributed by atoms with van der Waals surface area (Å²) in [7, 11) is 0. The monoisotopic (exact) mass is 1040 g/mol. The number of hydrogen-bond donors (Lipinski definition) is 0. The molecule has 7 rings (SSSR count). The van der Waals surface area contributed by atoms with Gasteiger partial charge in [-0.2, -0.15) is 0 Å². The van der Waals surface area contributed by atoms with Crippen molar-refractivity contribution in [2.45, 2.75) is 162 Å². The summed E-state index contributed by atoms with van der Waals surface area (Å²) in [5, 5.41) is 1.83. The van der Waals surface area contributed by atoms with E-state index >= 15 is 17.6 Å². The lowest BCUT2D eigenvalue weighted by Crippen LogP contribution is -2.09. The predicted octanol–water partition coefficient (Wildman–Crippen LogP) is 20.6. The molecule has 0 amide bonds. The van der Waals surface area contributed by atoms with Gasteiger partial charge in [0.1, 0.15) is 9.28 Å². The first kappa shape index (κ1) is 53.0. The number of pyridine rings is 2. The third kappa shape index (κ3) is 10.8. The third-order valence-electron chi connectivity index (χ3n) is 13.4. The van der Waals surface area contributed by atoms with E-state index in [0.717, 1.165) is 86.9 Å². The fourth-order valence-corrected chi connectivity index (χ4v) is 12.9. The number of fused-ring (bicyclic) bond motifs is 6. The fourth-order valence-electron chi connectivity index (χ4n) is 9.54. The molecular formula is C53H56F10N2S4. The highest BCUT2D eigenvalue weighted by molar-refractivity contribution is 7.72. The Bertz CT molecular complexity index is 3060. The van der Waals surface area contributed by atoms with Crippen molar-refractivity contribution in [2.24, 2.45) is 0 Å². The second-order valence-corrected chi connectivity index (χ2v) is 21.1. The van der Waals surface area contributed by atoms with Crippen LogP contribution in [0.15, 0.2) is 24.3 Å². The molecule has 0 bridgehead atoms. The molecule has 0 aliphatic rings. The SMILES string of the molecule is CCCCCCCCCCCCn1c(=S)c2cc(-c3c(F)c(F)c(F)c(F)c3F)sc2c2cc3c(cc21)c1sc(-c2c(F)c(F)c(F)c(F)c2F)cc1c(=S)n3C(C)CCCCCCCCCCC. The summed E-state index contributed by atoms with van der Waals surface area (Å²) < 4.78 is 154. The zero-order valence-corrected chi connectivity index (χ0v) is 42.3. The van der Waals surface area contributed by atoms with Gasteiger partial charge in [-0.1, -0.05) is 154 Å². The van der Waals surface area contributed by atoms with Crippen molar-refractivity contribution in [3.05, 3.63) is 91.7 Å². The van der Waals surface area contributed by atoms with E-state index in [1.807, 2.05) is 28.2 Å². The van der Waals surface area contributed by atoms with Gasteiger partial charge in [0.2, 0.25) is 11.6 Å². The van der Waals surface area contributed by atoms with Gasteiger partial charge in [0.15, 0.2) is 46.5 Å². The van der Waals surface area contributed by atoms with Gasteiger partial charge in [-0.05, 0) is 44.0 Å². The lowest BCUT2D eigenvalue weighted by atomic mass is 10.0. The number of aromatic nitrogens is 2. The van der Waals surface area contributed by atoms with Crippen molar-refractivity contribution in [3.63, 3.8) is 0 Å². The number of unbranched alkanes of at least 4 members (excludes halogenated alkanes) is 17. The van der Waals surface area contributed by atoms with Crippen LogP contribution in [0.25, 0.3) is 62.9 Å². The van der Waals surface area contributed by atoms with Crippen molar-refractivity contribution in [1.29, 1.82) is 0 Å². The summed E-state index contributed by atoms with van der Waals surface area (Å²) in [6, 6.07) is 6.14. The Kier molecular flexibility index (Phi) is 18.1. The van der Waals surface area contributed by atoms with Gasteiger partial charge in [0.05, 0.1) is 22.2 Å². The molecular weight excluding hydrogens is 983 g/mol. The van der Waals surface area contributed by atoms with Gasteiger partial charge in [-0.3, -0.25) is 0 Å². The molecule has 7 aromatic rings. The van der Waals surface area contributed by atoms with Crippen LogP contribution in [-0.4, -0.2) is 9.13 Å². The molecule has 0 fully saturated rings. The van der Waals surface area contributed by atoms with E-state index in [4.69, 9.17) is 24.4 Å². The quantitative estimate of drug-likeness (QED) is 0.0149. The molecule has 0 saturated carbocycles. The molecule has 1 atom stereocenters. The molecule has 0 aliphatic heterocycles. The Morgan fingerprint density at radius 3 is 1.20 bits per heavy atom. The topological polar surface area (TPSA) is 9.86 Å². The van der Waals surface area contributed by atoms with E-state index in [-0.39, 0.29) is 25.1 Å². The number of aryl methyl sites for hydroxylation is 1. The van der Waals surface area contributed by atoms with Gasteiger partial charge >= 0.3 is 0 Å². The minimum atomic E-state index is -2.27. The van der Waals surface area contributed by atoms with Crippen LogP contribution >= 0.6 is 47.1 Å². The van der Waals surface area contributed by atoms with Crippen LogP contribution in [0.3, 0.4) is 0 Å². The first-order valence-corrected chi connectivity index (χ1v) is 26.7. The average molecular weight is 1040 g/mol. The van der Waals surface area contributed by atoms with Crippen LogP contribution in [0, 0.1) is 67.5 Å². The Morgan fingerprint density at radius 2 is 0.768 bits per heavy atom. The maximum absolute atomic E-state index is 15.4. The smallest absolute Gasteiger partial charge is 0.200 e. The summed E-state index contributed by atoms with van der Waals surface area (Å²) in [5.74, 6) is -20.7. The summed E-state index contributed by atoms with van der Waals surface area (Å²) in [6.45, 7) is 6.76. The standard InChI is InChI=1S/C53H56F10N2S4/c1-4-6-8-10-12-14-16-18-20-22-24-64-34-25-31-35(26-30(34)50-32(52(64)66)27-36(68-50)38-40(54)44(58)48(62)45(59)41(38)55)65(29(3)23-21-19-17-15-13-11-9-7-5-2)53(67)33-28-37(69-51(31)33)39-42(56)46(60)49(63)47(61)43(39)57/h25-29H,4-24H2,1-3H3. The molecule has 2 nitrogen and oxygen atoms in total. The summed E-state index contributed by atoms with van der Waals surface area (Å²) >= 11 is 13.9. The Morgan fingerprint density at radius 1 is 0.420 bits per heavy atom. The number of hydrogen-bond acceptors (Lipinski definition) is 4. The van der Waals surface area contributed by atoms with E-state index < -0.39 is 69.3 Å². The number of thiophene rings is 2. The van der Waals surface area contributed by atoms with Gasteiger partial charge in [0.25, 0.3) is 0 Å². The maximum atomic E-state index is 15.4. The molecule has 16 heteroatoms. The second kappa shape index (κ2) is 23.6. The minimum absolute atomic E-state index is 0.223. The number of nitrogens with zero attached hydrogens (tertiary/aromatic N) is 2. The van der Waals surface area contributed by atoms with Crippen LogP contribution in [0.2, 0.25) is 0 Å². The number of benzene rings is 3. The highest BCUT2D eigenvalue weighted by Crippen LogP contribution is 2.47. The Balaban J connectivity index is 1.41. The largest absolute Gasteiger partial charge is 0.332 e. The van der Waals surface area contributed by atoms with Crippen molar-refractivity contribution in [3.8, 4) is 20.9 Å². The molecule has 0 aliphatic carbocycles. The zero-order valence-electron chi connectivity index (χ0n) is 39.0. The average Bonchev–Trinajstić information content (AvgIpc) is 3.99. The van der Waals surface area contributed by atoms with Crippen LogP contribution in [-0.2, 0) is 6.54 Å². The first-order valence-electron chi connectivity index (χ1n) is 24.3. The fraction of sp³-hybridized carbons (Fsp3) is 0.472. The van der Waals surface area contributed by atoms with Gasteiger partial charge < -0.3 is 9.13 Å². The number of rotatable bonds is 24. The molecule has 0 radical (unpaired) electrons. The van der Waals surface area contributed by atoms with E-state index in [1.165, 1.54) is 63.5 Å². The molecule has 69 heavy (non-hydrogen) atoms. The summed E-state index contributed by atoms with van der Waals surface area (Å²) in [5.41, 5.74) is -1.03. The molecule has 4 heterocycles.